The fourth-order valence-electron chi connectivity index (χ4n) is 2.63. The van der Waals surface area contributed by atoms with Crippen LogP contribution in [0.5, 0.6) is 5.75 Å². The minimum atomic E-state index is -0.805. The molecule has 2 aromatic heterocycles. The first-order valence-electron chi connectivity index (χ1n) is 7.59. The lowest BCUT2D eigenvalue weighted by atomic mass is 10.2. The van der Waals surface area contributed by atoms with Gasteiger partial charge in [-0.25, -0.2) is 14.2 Å². The Morgan fingerprint density at radius 1 is 1.40 bits per heavy atom. The van der Waals surface area contributed by atoms with Gasteiger partial charge in [0, 0.05) is 17.1 Å². The van der Waals surface area contributed by atoms with Gasteiger partial charge in [-0.3, -0.25) is 0 Å². The summed E-state index contributed by atoms with van der Waals surface area (Å²) in [5.74, 6) is -1.54. The zero-order chi connectivity index (χ0) is 18.0. The molecule has 0 spiro atoms. The molecule has 0 unspecified atom stereocenters. The second-order valence-electron chi connectivity index (χ2n) is 5.29. The summed E-state index contributed by atoms with van der Waals surface area (Å²) in [5, 5.41) is 20.0. The van der Waals surface area contributed by atoms with Gasteiger partial charge in [0.1, 0.15) is 11.9 Å². The van der Waals surface area contributed by atoms with Gasteiger partial charge in [-0.1, -0.05) is 18.2 Å². The summed E-state index contributed by atoms with van der Waals surface area (Å²) in [6.07, 6.45) is 1.61. The predicted octanol–water partition coefficient (Wildman–Crippen LogP) is 2.98. The lowest BCUT2D eigenvalue weighted by Crippen LogP contribution is -2.10. The second kappa shape index (κ2) is 6.61. The molecule has 0 aliphatic carbocycles. The van der Waals surface area contributed by atoms with Crippen LogP contribution in [0.2, 0.25) is 0 Å². The molecule has 0 bridgehead atoms. The summed E-state index contributed by atoms with van der Waals surface area (Å²) in [6.45, 7) is 1.91. The van der Waals surface area contributed by atoms with Crippen LogP contribution >= 0.6 is 0 Å². The van der Waals surface area contributed by atoms with E-state index in [1.807, 2.05) is 6.07 Å². The molecular formula is C18H14FN3O3. The summed E-state index contributed by atoms with van der Waals surface area (Å²) in [5.41, 5.74) is 0.404. The Morgan fingerprint density at radius 3 is 2.84 bits per heavy atom. The number of pyridine rings is 1. The Labute approximate surface area is 142 Å². The van der Waals surface area contributed by atoms with Crippen molar-refractivity contribution in [2.24, 2.45) is 0 Å². The van der Waals surface area contributed by atoms with Crippen LogP contribution in [-0.2, 0) is 11.3 Å². The number of benzene rings is 1. The van der Waals surface area contributed by atoms with E-state index in [4.69, 9.17) is 4.74 Å². The summed E-state index contributed by atoms with van der Waals surface area (Å²) in [6, 6.07) is 9.75. The molecule has 0 aliphatic heterocycles. The highest BCUT2D eigenvalue weighted by Crippen LogP contribution is 2.31. The molecule has 0 saturated heterocycles. The minimum absolute atomic E-state index is 0.0443. The van der Waals surface area contributed by atoms with Crippen LogP contribution in [-0.4, -0.2) is 27.2 Å². The van der Waals surface area contributed by atoms with E-state index in [1.165, 1.54) is 6.07 Å². The fraction of sp³-hybridized carbons (Fsp3) is 0.167. The quantitative estimate of drug-likeness (QED) is 0.738. The predicted molar refractivity (Wildman–Crippen MR) is 87.6 cm³/mol. The van der Waals surface area contributed by atoms with Gasteiger partial charge in [0.2, 0.25) is 0 Å². The molecule has 0 radical (unpaired) electrons. The number of hydrogen-bond donors (Lipinski definition) is 1. The number of nitriles is 1. The van der Waals surface area contributed by atoms with Crippen molar-refractivity contribution in [3.05, 3.63) is 59.3 Å². The van der Waals surface area contributed by atoms with Crippen molar-refractivity contribution in [3.63, 3.8) is 0 Å². The third kappa shape index (κ3) is 2.90. The largest absolute Gasteiger partial charge is 0.505 e. The Morgan fingerprint density at radius 2 is 2.16 bits per heavy atom. The highest BCUT2D eigenvalue weighted by Gasteiger charge is 2.22. The molecule has 0 atom stereocenters. The molecule has 0 aliphatic rings. The van der Waals surface area contributed by atoms with Crippen molar-refractivity contribution >= 4 is 16.9 Å². The normalized spacial score (nSPS) is 10.6. The van der Waals surface area contributed by atoms with E-state index in [2.05, 4.69) is 4.98 Å². The smallest absolute Gasteiger partial charge is 0.360 e. The van der Waals surface area contributed by atoms with Gasteiger partial charge in [-0.05, 0) is 19.1 Å². The third-order valence-corrected chi connectivity index (χ3v) is 3.76. The molecule has 3 aromatic rings. The average Bonchev–Trinajstić information content (AvgIpc) is 3.02. The molecule has 3 rings (SSSR count). The van der Waals surface area contributed by atoms with E-state index < -0.39 is 5.97 Å². The first kappa shape index (κ1) is 16.5. The van der Waals surface area contributed by atoms with Gasteiger partial charge < -0.3 is 14.4 Å². The lowest BCUT2D eigenvalue weighted by Gasteiger charge is -2.10. The van der Waals surface area contributed by atoms with Crippen molar-refractivity contribution in [3.8, 4) is 11.8 Å². The van der Waals surface area contributed by atoms with Crippen LogP contribution in [0.4, 0.5) is 4.39 Å². The topological polar surface area (TPSA) is 88.1 Å². The molecule has 2 heterocycles. The molecule has 7 heteroatoms. The highest BCUT2D eigenvalue weighted by molar-refractivity contribution is 6.00. The maximum absolute atomic E-state index is 13.9. The van der Waals surface area contributed by atoms with Crippen molar-refractivity contribution < 1.29 is 19.0 Å². The maximum Gasteiger partial charge on any atom is 0.360 e. The zero-order valence-electron chi connectivity index (χ0n) is 13.4. The number of carbonyl (C=O) groups excluding carboxylic acids is 1. The van der Waals surface area contributed by atoms with Gasteiger partial charge in [0.05, 0.1) is 18.7 Å². The summed E-state index contributed by atoms with van der Waals surface area (Å²) < 4.78 is 20.3. The van der Waals surface area contributed by atoms with E-state index >= 15 is 0 Å². The van der Waals surface area contributed by atoms with Crippen molar-refractivity contribution in [1.82, 2.24) is 9.55 Å². The van der Waals surface area contributed by atoms with E-state index in [-0.39, 0.29) is 41.5 Å². The number of fused-ring (bicyclic) bond motifs is 1. The third-order valence-electron chi connectivity index (χ3n) is 3.76. The Bertz CT molecular complexity index is 1000. The van der Waals surface area contributed by atoms with Crippen LogP contribution in [0.25, 0.3) is 10.9 Å². The first-order valence-corrected chi connectivity index (χ1v) is 7.59. The Kier molecular flexibility index (Phi) is 4.35. The summed E-state index contributed by atoms with van der Waals surface area (Å²) in [7, 11) is 0. The minimum Gasteiger partial charge on any atom is -0.505 e. The Hall–Kier alpha value is -3.40. The standard InChI is InChI=1S/C18H14FN3O3/c1-2-25-18(24)15-17(23)12-7-8-22(16(12)14(9-20)21-15)10-11-5-3-4-6-13(11)19/h3-8,23H,2,10H2,1H3. The van der Waals surface area contributed by atoms with Crippen LogP contribution in [0.1, 0.15) is 28.7 Å². The molecule has 6 nitrogen and oxygen atoms in total. The van der Waals surface area contributed by atoms with Crippen molar-refractivity contribution in [1.29, 1.82) is 5.26 Å². The van der Waals surface area contributed by atoms with Crippen molar-refractivity contribution in [2.75, 3.05) is 6.61 Å². The van der Waals surface area contributed by atoms with E-state index in [1.54, 1.807) is 42.0 Å². The number of aromatic nitrogens is 2. The molecular weight excluding hydrogens is 325 g/mol. The molecule has 0 saturated carbocycles. The highest BCUT2D eigenvalue weighted by atomic mass is 19.1. The summed E-state index contributed by atoms with van der Waals surface area (Å²) in [4.78, 5) is 15.8. The number of esters is 1. The SMILES string of the molecule is CCOC(=O)c1nc(C#N)c2c(ccn2Cc2ccccc2F)c1O. The maximum atomic E-state index is 13.9. The molecule has 126 valence electrons. The van der Waals surface area contributed by atoms with Crippen LogP contribution < -0.4 is 0 Å². The molecule has 0 fully saturated rings. The van der Waals surface area contributed by atoms with E-state index in [9.17, 15) is 19.6 Å². The number of hydrogen-bond acceptors (Lipinski definition) is 5. The Balaban J connectivity index is 2.15. The van der Waals surface area contributed by atoms with Crippen LogP contribution in [0.15, 0.2) is 36.5 Å². The number of nitrogens with zero attached hydrogens (tertiary/aromatic N) is 3. The monoisotopic (exact) mass is 339 g/mol. The number of halogens is 1. The average molecular weight is 339 g/mol. The first-order chi connectivity index (χ1) is 12.1. The molecule has 1 N–H and O–H groups in total. The van der Waals surface area contributed by atoms with E-state index in [0.29, 0.717) is 11.1 Å². The number of rotatable bonds is 4. The molecule has 25 heavy (non-hydrogen) atoms. The zero-order valence-corrected chi connectivity index (χ0v) is 13.4. The number of aromatic hydroxyl groups is 1. The number of ether oxygens (including phenoxy) is 1. The molecule has 1 aromatic carbocycles. The van der Waals surface area contributed by atoms with Crippen LogP contribution in [0.3, 0.4) is 0 Å². The van der Waals surface area contributed by atoms with Crippen molar-refractivity contribution in [2.45, 2.75) is 13.5 Å². The summed E-state index contributed by atoms with van der Waals surface area (Å²) >= 11 is 0. The van der Waals surface area contributed by atoms with Crippen LogP contribution in [0, 0.1) is 17.1 Å². The van der Waals surface area contributed by atoms with Gasteiger partial charge in [-0.15, -0.1) is 0 Å². The van der Waals surface area contributed by atoms with Gasteiger partial charge >= 0.3 is 5.97 Å². The molecule has 0 amide bonds. The van der Waals surface area contributed by atoms with Gasteiger partial charge in [0.15, 0.2) is 17.1 Å². The van der Waals surface area contributed by atoms with Gasteiger partial charge in [0.25, 0.3) is 0 Å². The van der Waals surface area contributed by atoms with Gasteiger partial charge in [-0.2, -0.15) is 5.26 Å². The second-order valence-corrected chi connectivity index (χ2v) is 5.29. The van der Waals surface area contributed by atoms with E-state index in [0.717, 1.165) is 0 Å². The fourth-order valence-corrected chi connectivity index (χ4v) is 2.63. The lowest BCUT2D eigenvalue weighted by molar-refractivity contribution is 0.0516. The number of carbonyl (C=O) groups is 1.